The van der Waals surface area contributed by atoms with Crippen LogP contribution in [0.1, 0.15) is 6.42 Å². The number of nitrogens with zero attached hydrogens (tertiary/aromatic N) is 3. The standard InChI is InChI=1S/C9H9Cl2N3O3/c10-6-3-7(13-9(11)12-6)14-4-17-2-1-5(14)8(15)16/h3,5H,1-2,4H2,(H,15,16). The molecule has 0 bridgehead atoms. The van der Waals surface area contributed by atoms with Crippen LogP contribution in [-0.2, 0) is 9.53 Å². The summed E-state index contributed by atoms with van der Waals surface area (Å²) in [6, 6.07) is 0.767. The van der Waals surface area contributed by atoms with Crippen LogP contribution >= 0.6 is 23.2 Å². The maximum Gasteiger partial charge on any atom is 0.326 e. The van der Waals surface area contributed by atoms with Gasteiger partial charge in [-0.3, -0.25) is 0 Å². The summed E-state index contributed by atoms with van der Waals surface area (Å²) in [6.45, 7) is 0.542. The van der Waals surface area contributed by atoms with Gasteiger partial charge in [-0.2, -0.15) is 0 Å². The van der Waals surface area contributed by atoms with E-state index < -0.39 is 12.0 Å². The van der Waals surface area contributed by atoms with Crippen molar-refractivity contribution in [3.63, 3.8) is 0 Å². The predicted octanol–water partition coefficient (Wildman–Crippen LogP) is 1.42. The van der Waals surface area contributed by atoms with Crippen molar-refractivity contribution >= 4 is 35.0 Å². The fraction of sp³-hybridized carbons (Fsp3) is 0.444. The largest absolute Gasteiger partial charge is 0.480 e. The highest BCUT2D eigenvalue weighted by atomic mass is 35.5. The zero-order valence-corrected chi connectivity index (χ0v) is 10.1. The third-order valence-electron chi connectivity index (χ3n) is 2.38. The number of hydrogen-bond donors (Lipinski definition) is 1. The van der Waals surface area contributed by atoms with Gasteiger partial charge in [0, 0.05) is 12.5 Å². The minimum absolute atomic E-state index is 0.0257. The van der Waals surface area contributed by atoms with Crippen molar-refractivity contribution in [3.8, 4) is 0 Å². The number of aliphatic carboxylic acids is 1. The molecular weight excluding hydrogens is 269 g/mol. The number of carbonyl (C=O) groups is 1. The first-order valence-corrected chi connectivity index (χ1v) is 5.61. The predicted molar refractivity (Wildman–Crippen MR) is 61.4 cm³/mol. The molecule has 2 rings (SSSR count). The summed E-state index contributed by atoms with van der Waals surface area (Å²) in [5, 5.41) is 9.24. The molecule has 0 spiro atoms. The summed E-state index contributed by atoms with van der Waals surface area (Å²) in [5.41, 5.74) is 0. The molecule has 8 heteroatoms. The van der Waals surface area contributed by atoms with Gasteiger partial charge in [0.25, 0.3) is 0 Å². The SMILES string of the molecule is O=C(O)C1CCOCN1c1cc(Cl)nc(Cl)n1. The van der Waals surface area contributed by atoms with E-state index in [0.717, 1.165) is 0 Å². The molecule has 92 valence electrons. The van der Waals surface area contributed by atoms with Crippen LogP contribution in [0.3, 0.4) is 0 Å². The smallest absolute Gasteiger partial charge is 0.326 e. The first-order valence-electron chi connectivity index (χ1n) is 4.85. The third-order valence-corrected chi connectivity index (χ3v) is 2.74. The number of anilines is 1. The molecule has 0 amide bonds. The van der Waals surface area contributed by atoms with E-state index in [4.69, 9.17) is 33.0 Å². The number of carboxylic acid groups (broad SMARTS) is 1. The number of carboxylic acids is 1. The van der Waals surface area contributed by atoms with Crippen molar-refractivity contribution in [2.75, 3.05) is 18.2 Å². The Morgan fingerprint density at radius 1 is 1.53 bits per heavy atom. The van der Waals surface area contributed by atoms with E-state index in [1.54, 1.807) is 0 Å². The second-order valence-corrected chi connectivity index (χ2v) is 4.19. The van der Waals surface area contributed by atoms with Crippen molar-refractivity contribution in [2.45, 2.75) is 12.5 Å². The summed E-state index contributed by atoms with van der Waals surface area (Å²) < 4.78 is 5.21. The zero-order chi connectivity index (χ0) is 12.4. The molecule has 0 saturated carbocycles. The van der Waals surface area contributed by atoms with Crippen LogP contribution in [0.4, 0.5) is 5.82 Å². The van der Waals surface area contributed by atoms with E-state index in [9.17, 15) is 4.79 Å². The molecule has 1 atom stereocenters. The van der Waals surface area contributed by atoms with Crippen LogP contribution in [-0.4, -0.2) is 40.4 Å². The molecule has 1 saturated heterocycles. The average Bonchev–Trinajstić information content (AvgIpc) is 2.27. The Morgan fingerprint density at radius 2 is 2.29 bits per heavy atom. The lowest BCUT2D eigenvalue weighted by Gasteiger charge is -2.33. The fourth-order valence-electron chi connectivity index (χ4n) is 1.61. The molecule has 1 aromatic rings. The monoisotopic (exact) mass is 277 g/mol. The van der Waals surface area contributed by atoms with Gasteiger partial charge in [0.1, 0.15) is 23.7 Å². The van der Waals surface area contributed by atoms with Gasteiger partial charge in [0.2, 0.25) is 5.28 Å². The quantitative estimate of drug-likeness (QED) is 0.651. The summed E-state index contributed by atoms with van der Waals surface area (Å²) >= 11 is 11.4. The zero-order valence-electron chi connectivity index (χ0n) is 8.64. The summed E-state index contributed by atoms with van der Waals surface area (Å²) in [4.78, 5) is 20.2. The lowest BCUT2D eigenvalue weighted by molar-refractivity contribution is -0.140. The molecule has 1 unspecified atom stereocenters. The third kappa shape index (κ3) is 2.77. The molecule has 6 nitrogen and oxygen atoms in total. The number of hydrogen-bond acceptors (Lipinski definition) is 5. The average molecular weight is 278 g/mol. The molecule has 0 radical (unpaired) electrons. The van der Waals surface area contributed by atoms with Crippen molar-refractivity contribution in [2.24, 2.45) is 0 Å². The van der Waals surface area contributed by atoms with Gasteiger partial charge in [-0.15, -0.1) is 0 Å². The maximum absolute atomic E-state index is 11.1. The Balaban J connectivity index is 2.32. The molecule has 2 heterocycles. The van der Waals surface area contributed by atoms with Crippen LogP contribution in [0, 0.1) is 0 Å². The van der Waals surface area contributed by atoms with Crippen LogP contribution in [0.25, 0.3) is 0 Å². The van der Waals surface area contributed by atoms with Gasteiger partial charge in [0.15, 0.2) is 0 Å². The Morgan fingerprint density at radius 3 is 2.94 bits per heavy atom. The Bertz CT molecular complexity index is 423. The Labute approximate surface area is 107 Å². The molecule has 17 heavy (non-hydrogen) atoms. The minimum atomic E-state index is -0.931. The molecule has 1 fully saturated rings. The molecule has 0 aliphatic carbocycles. The molecule has 1 aromatic heterocycles. The second-order valence-electron chi connectivity index (χ2n) is 3.47. The van der Waals surface area contributed by atoms with Crippen LogP contribution in [0.5, 0.6) is 0 Å². The molecule has 1 N–H and O–H groups in total. The lowest BCUT2D eigenvalue weighted by atomic mass is 10.1. The number of ether oxygens (including phenoxy) is 1. The Hall–Kier alpha value is -1.11. The molecule has 1 aliphatic rings. The first kappa shape index (κ1) is 12.3. The van der Waals surface area contributed by atoms with E-state index in [-0.39, 0.29) is 17.2 Å². The van der Waals surface area contributed by atoms with Gasteiger partial charge in [0.05, 0.1) is 6.61 Å². The van der Waals surface area contributed by atoms with Gasteiger partial charge < -0.3 is 14.7 Å². The highest BCUT2D eigenvalue weighted by molar-refractivity contribution is 6.32. The molecule has 1 aliphatic heterocycles. The van der Waals surface area contributed by atoms with Gasteiger partial charge in [-0.25, -0.2) is 14.8 Å². The summed E-state index contributed by atoms with van der Waals surface area (Å²) in [7, 11) is 0. The number of halogens is 2. The van der Waals surface area contributed by atoms with E-state index >= 15 is 0 Å². The van der Waals surface area contributed by atoms with Crippen molar-refractivity contribution in [1.82, 2.24) is 9.97 Å². The van der Waals surface area contributed by atoms with Gasteiger partial charge in [-0.05, 0) is 11.6 Å². The maximum atomic E-state index is 11.1. The number of rotatable bonds is 2. The summed E-state index contributed by atoms with van der Waals surface area (Å²) in [6.07, 6.45) is 0.384. The topological polar surface area (TPSA) is 75.6 Å². The number of aromatic nitrogens is 2. The van der Waals surface area contributed by atoms with E-state index in [1.807, 2.05) is 0 Å². The highest BCUT2D eigenvalue weighted by Crippen LogP contribution is 2.23. The van der Waals surface area contributed by atoms with Gasteiger partial charge in [-0.1, -0.05) is 11.6 Å². The summed E-state index contributed by atoms with van der Waals surface area (Å²) in [5.74, 6) is -0.582. The molecular formula is C9H9Cl2N3O3. The van der Waals surface area contributed by atoms with Crippen LogP contribution < -0.4 is 4.90 Å². The first-order chi connectivity index (χ1) is 8.08. The molecule has 0 aromatic carbocycles. The van der Waals surface area contributed by atoms with Crippen molar-refractivity contribution in [3.05, 3.63) is 16.5 Å². The van der Waals surface area contributed by atoms with E-state index in [0.29, 0.717) is 18.8 Å². The lowest BCUT2D eigenvalue weighted by Crippen LogP contribution is -2.47. The second kappa shape index (κ2) is 5.03. The Kier molecular flexibility index (Phi) is 3.66. The minimum Gasteiger partial charge on any atom is -0.480 e. The normalized spacial score (nSPS) is 20.4. The fourth-order valence-corrected chi connectivity index (χ4v) is 2.01. The van der Waals surface area contributed by atoms with Gasteiger partial charge >= 0.3 is 5.97 Å². The van der Waals surface area contributed by atoms with Crippen molar-refractivity contribution in [1.29, 1.82) is 0 Å². The highest BCUT2D eigenvalue weighted by Gasteiger charge is 2.30. The van der Waals surface area contributed by atoms with Crippen LogP contribution in [0.15, 0.2) is 6.07 Å². The van der Waals surface area contributed by atoms with Crippen molar-refractivity contribution < 1.29 is 14.6 Å². The van der Waals surface area contributed by atoms with Crippen LogP contribution in [0.2, 0.25) is 10.4 Å². The van der Waals surface area contributed by atoms with E-state index in [2.05, 4.69) is 9.97 Å². The van der Waals surface area contributed by atoms with E-state index in [1.165, 1.54) is 11.0 Å².